The molecule has 9 heteroatoms. The molecule has 0 N–H and O–H groups in total. The van der Waals surface area contributed by atoms with Gasteiger partial charge in [-0.2, -0.15) is 0 Å². The van der Waals surface area contributed by atoms with E-state index >= 15 is 0 Å². The fourth-order valence-corrected chi connectivity index (χ4v) is 3.12. The molecular weight excluding hydrogens is 425 g/mol. The third kappa shape index (κ3) is 4.44. The molecule has 158 valence electrons. The molecule has 4 rings (SSSR count). The number of fused-ring (bicyclic) bond motifs is 1. The van der Waals surface area contributed by atoms with E-state index in [2.05, 4.69) is 9.97 Å². The Morgan fingerprint density at radius 3 is 2.77 bits per heavy atom. The van der Waals surface area contributed by atoms with Gasteiger partial charge in [-0.05, 0) is 36.4 Å². The van der Waals surface area contributed by atoms with E-state index in [9.17, 15) is 9.18 Å². The average Bonchev–Trinajstić information content (AvgIpc) is 3.09. The SMILES string of the molecule is COC(=O)c1cccc(OCc2nc3ccc(Oc4ncc(Cl)cc4F)cc3n2C)c1. The summed E-state index contributed by atoms with van der Waals surface area (Å²) in [5.41, 5.74) is 1.89. The lowest BCUT2D eigenvalue weighted by atomic mass is 10.2. The number of aryl methyl sites for hydroxylation is 1. The van der Waals surface area contributed by atoms with Crippen LogP contribution in [0.5, 0.6) is 17.4 Å². The smallest absolute Gasteiger partial charge is 0.337 e. The van der Waals surface area contributed by atoms with E-state index in [0.717, 1.165) is 17.1 Å². The first-order valence-corrected chi connectivity index (χ1v) is 9.58. The molecule has 2 heterocycles. The number of hydrogen-bond donors (Lipinski definition) is 0. The molecule has 2 aromatic carbocycles. The van der Waals surface area contributed by atoms with Crippen molar-refractivity contribution in [2.75, 3.05) is 7.11 Å². The fraction of sp³-hybridized carbons (Fsp3) is 0.136. The molecule has 0 aliphatic heterocycles. The summed E-state index contributed by atoms with van der Waals surface area (Å²) in [5.74, 6) is 0.324. The van der Waals surface area contributed by atoms with E-state index in [0.29, 0.717) is 22.9 Å². The number of carbonyl (C=O) groups is 1. The molecule has 0 unspecified atom stereocenters. The standard InChI is InChI=1S/C22H17ClFN3O4/c1-27-19-10-16(31-21-17(24)9-14(23)11-25-21)6-7-18(19)26-20(27)12-30-15-5-3-4-13(8-15)22(28)29-2/h3-11H,12H2,1-2H3. The summed E-state index contributed by atoms with van der Waals surface area (Å²) in [6.07, 6.45) is 1.31. The molecule has 0 radical (unpaired) electrons. The number of carbonyl (C=O) groups excluding carboxylic acids is 1. The van der Waals surface area contributed by atoms with E-state index in [1.54, 1.807) is 42.5 Å². The lowest BCUT2D eigenvalue weighted by Gasteiger charge is -2.08. The molecular formula is C22H17ClFN3O4. The Hall–Kier alpha value is -3.65. The van der Waals surface area contributed by atoms with Crippen LogP contribution in [0.4, 0.5) is 4.39 Å². The van der Waals surface area contributed by atoms with Crippen molar-refractivity contribution in [1.82, 2.24) is 14.5 Å². The maximum Gasteiger partial charge on any atom is 0.337 e. The number of benzene rings is 2. The highest BCUT2D eigenvalue weighted by atomic mass is 35.5. The molecule has 0 atom stereocenters. The fourth-order valence-electron chi connectivity index (χ4n) is 2.98. The molecule has 0 aliphatic rings. The summed E-state index contributed by atoms with van der Waals surface area (Å²) >= 11 is 5.72. The molecule has 2 aromatic heterocycles. The highest BCUT2D eigenvalue weighted by molar-refractivity contribution is 6.30. The maximum atomic E-state index is 14.0. The molecule has 0 fully saturated rings. The van der Waals surface area contributed by atoms with Crippen LogP contribution in [-0.2, 0) is 18.4 Å². The van der Waals surface area contributed by atoms with Crippen molar-refractivity contribution >= 4 is 28.6 Å². The van der Waals surface area contributed by atoms with E-state index < -0.39 is 11.8 Å². The summed E-state index contributed by atoms with van der Waals surface area (Å²) < 4.78 is 31.9. The zero-order valence-corrected chi connectivity index (χ0v) is 17.4. The third-order valence-electron chi connectivity index (χ3n) is 4.56. The normalized spacial score (nSPS) is 10.8. The monoisotopic (exact) mass is 441 g/mol. The summed E-state index contributed by atoms with van der Waals surface area (Å²) in [6.45, 7) is 0.180. The second-order valence-electron chi connectivity index (χ2n) is 6.59. The Morgan fingerprint density at radius 2 is 2.00 bits per heavy atom. The number of methoxy groups -OCH3 is 1. The predicted octanol–water partition coefficient (Wildman–Crippen LogP) is 4.92. The van der Waals surface area contributed by atoms with Gasteiger partial charge >= 0.3 is 5.97 Å². The highest BCUT2D eigenvalue weighted by Gasteiger charge is 2.13. The first-order valence-electron chi connectivity index (χ1n) is 9.20. The number of imidazole rings is 1. The Bertz CT molecular complexity index is 1280. The van der Waals surface area contributed by atoms with Crippen LogP contribution in [0.15, 0.2) is 54.7 Å². The zero-order valence-electron chi connectivity index (χ0n) is 16.6. The lowest BCUT2D eigenvalue weighted by molar-refractivity contribution is 0.0600. The Labute approximate surface area is 182 Å². The summed E-state index contributed by atoms with van der Waals surface area (Å²) in [7, 11) is 3.16. The van der Waals surface area contributed by atoms with Crippen LogP contribution in [-0.4, -0.2) is 27.6 Å². The molecule has 7 nitrogen and oxygen atoms in total. The number of halogens is 2. The van der Waals surface area contributed by atoms with E-state index in [4.69, 9.17) is 25.8 Å². The number of aromatic nitrogens is 3. The topological polar surface area (TPSA) is 75.5 Å². The predicted molar refractivity (Wildman–Crippen MR) is 112 cm³/mol. The minimum absolute atomic E-state index is 0.167. The van der Waals surface area contributed by atoms with Crippen molar-refractivity contribution in [3.8, 4) is 17.4 Å². The van der Waals surface area contributed by atoms with Gasteiger partial charge in [0.15, 0.2) is 5.82 Å². The minimum Gasteiger partial charge on any atom is -0.486 e. The van der Waals surface area contributed by atoms with Crippen molar-refractivity contribution in [2.24, 2.45) is 7.05 Å². The van der Waals surface area contributed by atoms with Gasteiger partial charge in [0, 0.05) is 19.3 Å². The van der Waals surface area contributed by atoms with Gasteiger partial charge in [0.05, 0.1) is 28.7 Å². The van der Waals surface area contributed by atoms with E-state index in [1.165, 1.54) is 13.3 Å². The Kier molecular flexibility index (Phi) is 5.73. The van der Waals surface area contributed by atoms with Gasteiger partial charge < -0.3 is 18.8 Å². The average molecular weight is 442 g/mol. The number of nitrogens with zero attached hydrogens (tertiary/aromatic N) is 3. The number of ether oxygens (including phenoxy) is 3. The largest absolute Gasteiger partial charge is 0.486 e. The molecule has 0 amide bonds. The van der Waals surface area contributed by atoms with Gasteiger partial charge in [-0.1, -0.05) is 17.7 Å². The van der Waals surface area contributed by atoms with Crippen LogP contribution in [0.1, 0.15) is 16.2 Å². The van der Waals surface area contributed by atoms with E-state index in [1.807, 2.05) is 11.6 Å². The first-order chi connectivity index (χ1) is 14.9. The van der Waals surface area contributed by atoms with Crippen LogP contribution in [0, 0.1) is 5.82 Å². The van der Waals surface area contributed by atoms with Gasteiger partial charge in [-0.15, -0.1) is 0 Å². The van der Waals surface area contributed by atoms with Gasteiger partial charge in [0.25, 0.3) is 5.88 Å². The number of hydrogen-bond acceptors (Lipinski definition) is 6. The third-order valence-corrected chi connectivity index (χ3v) is 4.76. The molecule has 0 saturated heterocycles. The van der Waals surface area contributed by atoms with Crippen LogP contribution in [0.3, 0.4) is 0 Å². The number of esters is 1. The molecule has 0 saturated carbocycles. The molecule has 0 bridgehead atoms. The second-order valence-corrected chi connectivity index (χ2v) is 7.02. The van der Waals surface area contributed by atoms with Crippen molar-refractivity contribution in [2.45, 2.75) is 6.61 Å². The van der Waals surface area contributed by atoms with Gasteiger partial charge in [0.2, 0.25) is 0 Å². The first kappa shape index (κ1) is 20.6. The summed E-state index contributed by atoms with van der Waals surface area (Å²) in [6, 6.07) is 13.0. The summed E-state index contributed by atoms with van der Waals surface area (Å²) in [5, 5.41) is 0.189. The second kappa shape index (κ2) is 8.61. The minimum atomic E-state index is -0.652. The van der Waals surface area contributed by atoms with Crippen LogP contribution < -0.4 is 9.47 Å². The van der Waals surface area contributed by atoms with Crippen LogP contribution in [0.2, 0.25) is 5.02 Å². The zero-order chi connectivity index (χ0) is 22.0. The Balaban J connectivity index is 1.53. The number of rotatable bonds is 6. The quantitative estimate of drug-likeness (QED) is 0.395. The molecule has 0 spiro atoms. The van der Waals surface area contributed by atoms with Crippen molar-refractivity contribution in [3.63, 3.8) is 0 Å². The van der Waals surface area contributed by atoms with Gasteiger partial charge in [-0.25, -0.2) is 19.2 Å². The lowest BCUT2D eigenvalue weighted by Crippen LogP contribution is -2.05. The van der Waals surface area contributed by atoms with E-state index in [-0.39, 0.29) is 17.5 Å². The molecule has 0 aliphatic carbocycles. The van der Waals surface area contributed by atoms with Crippen molar-refractivity contribution < 1.29 is 23.4 Å². The summed E-state index contributed by atoms with van der Waals surface area (Å²) in [4.78, 5) is 20.1. The van der Waals surface area contributed by atoms with Crippen LogP contribution in [0.25, 0.3) is 11.0 Å². The Morgan fingerprint density at radius 1 is 1.16 bits per heavy atom. The van der Waals surface area contributed by atoms with Gasteiger partial charge in [-0.3, -0.25) is 0 Å². The van der Waals surface area contributed by atoms with Crippen LogP contribution >= 0.6 is 11.6 Å². The highest BCUT2D eigenvalue weighted by Crippen LogP contribution is 2.27. The molecule has 4 aromatic rings. The van der Waals surface area contributed by atoms with Crippen molar-refractivity contribution in [3.05, 3.63) is 77.0 Å². The molecule has 31 heavy (non-hydrogen) atoms. The maximum absolute atomic E-state index is 14.0. The van der Waals surface area contributed by atoms with Gasteiger partial charge in [0.1, 0.15) is 23.9 Å². The number of pyridine rings is 1. The van der Waals surface area contributed by atoms with Crippen molar-refractivity contribution in [1.29, 1.82) is 0 Å².